The van der Waals surface area contributed by atoms with Crippen molar-refractivity contribution in [1.29, 1.82) is 5.26 Å². The molecule has 0 N–H and O–H groups in total. The number of benzene rings is 1. The van der Waals surface area contributed by atoms with Gasteiger partial charge in [-0.05, 0) is 11.6 Å². The highest BCUT2D eigenvalue weighted by Crippen LogP contribution is 2.07. The van der Waals surface area contributed by atoms with E-state index in [-0.39, 0.29) is 0 Å². The minimum Gasteiger partial charge on any atom is -0.386 e. The van der Waals surface area contributed by atoms with Crippen LogP contribution in [0.3, 0.4) is 0 Å². The number of rotatable bonds is 4. The van der Waals surface area contributed by atoms with Crippen molar-refractivity contribution in [3.63, 3.8) is 0 Å². The van der Waals surface area contributed by atoms with Gasteiger partial charge in [0, 0.05) is 0 Å². The highest BCUT2D eigenvalue weighted by Gasteiger charge is 2.14. The molecule has 0 saturated carbocycles. The van der Waals surface area contributed by atoms with Gasteiger partial charge in [-0.1, -0.05) is 36.9 Å². The van der Waals surface area contributed by atoms with Crippen LogP contribution >= 0.6 is 0 Å². The molecule has 16 heavy (non-hydrogen) atoms. The minimum absolute atomic E-state index is 0.620. The summed E-state index contributed by atoms with van der Waals surface area (Å²) in [5.41, 5.74) is 0.792. The van der Waals surface area contributed by atoms with Crippen LogP contribution < -0.4 is 0 Å². The second kappa shape index (κ2) is 5.14. The first-order chi connectivity index (χ1) is 7.56. The molecule has 0 spiro atoms. The van der Waals surface area contributed by atoms with Crippen LogP contribution in [0.2, 0.25) is 0 Å². The number of nitriles is 1. The van der Waals surface area contributed by atoms with Gasteiger partial charge in [0.2, 0.25) is 0 Å². The van der Waals surface area contributed by atoms with Gasteiger partial charge in [-0.2, -0.15) is 13.7 Å². The van der Waals surface area contributed by atoms with Crippen LogP contribution in [-0.4, -0.2) is 8.42 Å². The van der Waals surface area contributed by atoms with Crippen LogP contribution in [0.25, 0.3) is 6.08 Å². The molecule has 0 unspecified atom stereocenters. The maximum Gasteiger partial charge on any atom is 0.348 e. The SMILES string of the molecule is C=C(C#N)S(=O)(=O)OC=Cc1ccccc1. The molecule has 0 heterocycles. The summed E-state index contributed by atoms with van der Waals surface area (Å²) in [7, 11) is -4.02. The van der Waals surface area contributed by atoms with Crippen molar-refractivity contribution in [3.05, 3.63) is 53.6 Å². The molecule has 0 aliphatic rings. The van der Waals surface area contributed by atoms with E-state index >= 15 is 0 Å². The van der Waals surface area contributed by atoms with Gasteiger partial charge in [-0.25, -0.2) is 0 Å². The summed E-state index contributed by atoms with van der Waals surface area (Å²) in [6.45, 7) is 3.06. The summed E-state index contributed by atoms with van der Waals surface area (Å²) in [6.07, 6.45) is 2.48. The number of hydrogen-bond acceptors (Lipinski definition) is 4. The zero-order valence-corrected chi connectivity index (χ0v) is 9.15. The van der Waals surface area contributed by atoms with Gasteiger partial charge in [0.25, 0.3) is 0 Å². The molecular formula is C11H9NO3S. The summed E-state index contributed by atoms with van der Waals surface area (Å²) in [6, 6.07) is 10.4. The Kier molecular flexibility index (Phi) is 3.86. The number of hydrogen-bond donors (Lipinski definition) is 0. The van der Waals surface area contributed by atoms with E-state index in [1.807, 2.05) is 18.2 Å². The molecule has 1 aromatic rings. The lowest BCUT2D eigenvalue weighted by molar-refractivity contribution is 0.454. The quantitative estimate of drug-likeness (QED) is 0.455. The van der Waals surface area contributed by atoms with Gasteiger partial charge < -0.3 is 4.18 Å². The first-order valence-corrected chi connectivity index (χ1v) is 5.71. The molecule has 1 rings (SSSR count). The van der Waals surface area contributed by atoms with Crippen molar-refractivity contribution in [2.75, 3.05) is 0 Å². The Morgan fingerprint density at radius 2 is 2.00 bits per heavy atom. The zero-order chi connectivity index (χ0) is 12.0. The van der Waals surface area contributed by atoms with Crippen LogP contribution in [0.1, 0.15) is 5.56 Å². The third-order valence-electron chi connectivity index (χ3n) is 1.67. The Labute approximate surface area is 94.2 Å². The van der Waals surface area contributed by atoms with Crippen molar-refractivity contribution >= 4 is 16.2 Å². The monoisotopic (exact) mass is 235 g/mol. The van der Waals surface area contributed by atoms with Crippen molar-refractivity contribution in [3.8, 4) is 6.07 Å². The lowest BCUT2D eigenvalue weighted by Crippen LogP contribution is -2.02. The maximum absolute atomic E-state index is 11.2. The predicted octanol–water partition coefficient (Wildman–Crippen LogP) is 2.04. The second-order valence-electron chi connectivity index (χ2n) is 2.80. The molecule has 0 bridgehead atoms. The van der Waals surface area contributed by atoms with Crippen LogP contribution in [-0.2, 0) is 14.3 Å². The maximum atomic E-state index is 11.2. The summed E-state index contributed by atoms with van der Waals surface area (Å²) >= 11 is 0. The minimum atomic E-state index is -4.02. The number of allylic oxidation sites excluding steroid dienone is 1. The van der Waals surface area contributed by atoms with Crippen molar-refractivity contribution in [2.24, 2.45) is 0 Å². The summed E-state index contributed by atoms with van der Waals surface area (Å²) < 4.78 is 26.8. The molecule has 0 aliphatic heterocycles. The van der Waals surface area contributed by atoms with E-state index in [0.717, 1.165) is 11.8 Å². The largest absolute Gasteiger partial charge is 0.386 e. The Hall–Kier alpha value is -2.06. The lowest BCUT2D eigenvalue weighted by Gasteiger charge is -1.98. The molecule has 0 atom stereocenters. The number of nitrogens with zero attached hydrogens (tertiary/aromatic N) is 1. The Morgan fingerprint density at radius 1 is 1.38 bits per heavy atom. The normalized spacial score (nSPS) is 10.9. The fourth-order valence-electron chi connectivity index (χ4n) is 0.858. The molecule has 0 aromatic heterocycles. The Morgan fingerprint density at radius 3 is 2.56 bits per heavy atom. The van der Waals surface area contributed by atoms with Crippen LogP contribution in [0.4, 0.5) is 0 Å². The molecule has 1 aromatic carbocycles. The van der Waals surface area contributed by atoms with Crippen molar-refractivity contribution in [1.82, 2.24) is 0 Å². The van der Waals surface area contributed by atoms with E-state index in [1.165, 1.54) is 12.1 Å². The standard InChI is InChI=1S/C11H9NO3S/c1-10(9-12)16(13,14)15-8-7-11-5-3-2-4-6-11/h2-8H,1H2. The molecule has 0 fully saturated rings. The van der Waals surface area contributed by atoms with E-state index in [0.29, 0.717) is 0 Å². The average molecular weight is 235 g/mol. The van der Waals surface area contributed by atoms with Gasteiger partial charge in [0.15, 0.2) is 4.91 Å². The first-order valence-electron chi connectivity index (χ1n) is 4.30. The molecule has 0 saturated heterocycles. The van der Waals surface area contributed by atoms with Crippen molar-refractivity contribution < 1.29 is 12.6 Å². The first kappa shape index (κ1) is 12.0. The van der Waals surface area contributed by atoms with Crippen LogP contribution in [0.5, 0.6) is 0 Å². The van der Waals surface area contributed by atoms with E-state index in [2.05, 4.69) is 10.8 Å². The highest BCUT2D eigenvalue weighted by molar-refractivity contribution is 7.91. The third kappa shape index (κ3) is 3.26. The van der Waals surface area contributed by atoms with Gasteiger partial charge in [0.05, 0.1) is 0 Å². The lowest BCUT2D eigenvalue weighted by atomic mass is 10.2. The van der Waals surface area contributed by atoms with E-state index in [4.69, 9.17) is 5.26 Å². The van der Waals surface area contributed by atoms with Gasteiger partial charge in [-0.15, -0.1) is 0 Å². The topological polar surface area (TPSA) is 67.2 Å². The predicted molar refractivity (Wildman–Crippen MR) is 60.2 cm³/mol. The van der Waals surface area contributed by atoms with Crippen LogP contribution in [0.15, 0.2) is 48.1 Å². The van der Waals surface area contributed by atoms with Gasteiger partial charge in [-0.3, -0.25) is 0 Å². The Balaban J connectivity index is 2.70. The Bertz CT molecular complexity index is 538. The van der Waals surface area contributed by atoms with E-state index in [9.17, 15) is 8.42 Å². The average Bonchev–Trinajstić information content (AvgIpc) is 2.29. The summed E-state index contributed by atoms with van der Waals surface area (Å²) in [5.74, 6) is 0. The van der Waals surface area contributed by atoms with Crippen molar-refractivity contribution in [2.45, 2.75) is 0 Å². The molecule has 82 valence electrons. The van der Waals surface area contributed by atoms with E-state index < -0.39 is 15.0 Å². The van der Waals surface area contributed by atoms with E-state index in [1.54, 1.807) is 12.1 Å². The summed E-state index contributed by atoms with van der Waals surface area (Å²) in [4.78, 5) is -0.620. The molecule has 4 nitrogen and oxygen atoms in total. The fraction of sp³-hybridized carbons (Fsp3) is 0. The zero-order valence-electron chi connectivity index (χ0n) is 8.33. The van der Waals surface area contributed by atoms with Crippen LogP contribution in [0, 0.1) is 11.3 Å². The molecule has 0 aliphatic carbocycles. The third-order valence-corrected chi connectivity index (χ3v) is 2.73. The molecule has 0 radical (unpaired) electrons. The molecule has 0 amide bonds. The highest BCUT2D eigenvalue weighted by atomic mass is 32.2. The smallest absolute Gasteiger partial charge is 0.348 e. The fourth-order valence-corrected chi connectivity index (χ4v) is 1.29. The van der Waals surface area contributed by atoms with Gasteiger partial charge >= 0.3 is 10.1 Å². The van der Waals surface area contributed by atoms with Gasteiger partial charge in [0.1, 0.15) is 12.3 Å². The molecular weight excluding hydrogens is 226 g/mol. The summed E-state index contributed by atoms with van der Waals surface area (Å²) in [5, 5.41) is 8.35. The molecule has 5 heteroatoms. The second-order valence-corrected chi connectivity index (χ2v) is 4.39.